The minimum atomic E-state index is -0.476. The summed E-state index contributed by atoms with van der Waals surface area (Å²) in [4.78, 5) is 23.1. The van der Waals surface area contributed by atoms with Crippen molar-refractivity contribution in [2.75, 3.05) is 17.2 Å². The smallest absolute Gasteiger partial charge is 0.244 e. The third-order valence-corrected chi connectivity index (χ3v) is 3.33. The van der Waals surface area contributed by atoms with Crippen LogP contribution in [-0.2, 0) is 9.59 Å². The first kappa shape index (κ1) is 13.5. The largest absolute Gasteiger partial charge is 0.326 e. The van der Waals surface area contributed by atoms with Crippen LogP contribution < -0.4 is 16.0 Å². The van der Waals surface area contributed by atoms with Gasteiger partial charge in [-0.3, -0.25) is 9.59 Å². The summed E-state index contributed by atoms with van der Waals surface area (Å²) in [7, 11) is 0. The Morgan fingerprint density at radius 1 is 1.16 bits per heavy atom. The zero-order valence-corrected chi connectivity index (χ0v) is 11.2. The monoisotopic (exact) mass is 261 g/mol. The Balaban J connectivity index is 1.99. The summed E-state index contributed by atoms with van der Waals surface area (Å²) in [6.45, 7) is 4.26. The molecule has 2 amide bonds. The molecule has 1 aliphatic heterocycles. The van der Waals surface area contributed by atoms with E-state index in [9.17, 15) is 9.59 Å². The van der Waals surface area contributed by atoms with Crippen LogP contribution >= 0.6 is 0 Å². The summed E-state index contributed by atoms with van der Waals surface area (Å²) >= 11 is 0. The van der Waals surface area contributed by atoms with Crippen molar-refractivity contribution < 1.29 is 9.59 Å². The molecule has 3 N–H and O–H groups in total. The third-order valence-electron chi connectivity index (χ3n) is 3.33. The first-order valence-electron chi connectivity index (χ1n) is 6.44. The lowest BCUT2D eigenvalue weighted by molar-refractivity contribution is -0.121. The van der Waals surface area contributed by atoms with E-state index in [-0.39, 0.29) is 11.8 Å². The molecule has 0 spiro atoms. The molecule has 2 rings (SSSR count). The van der Waals surface area contributed by atoms with Crippen molar-refractivity contribution in [2.24, 2.45) is 0 Å². The number of benzene rings is 1. The molecule has 1 aliphatic rings. The molecule has 0 aliphatic carbocycles. The maximum absolute atomic E-state index is 12.2. The summed E-state index contributed by atoms with van der Waals surface area (Å²) in [5.41, 5.74) is 0.973. The zero-order chi connectivity index (χ0) is 13.9. The van der Waals surface area contributed by atoms with E-state index in [0.29, 0.717) is 0 Å². The zero-order valence-electron chi connectivity index (χ0n) is 11.2. The Morgan fingerprint density at radius 3 is 2.21 bits per heavy atom. The van der Waals surface area contributed by atoms with E-state index in [0.717, 1.165) is 30.8 Å². The highest BCUT2D eigenvalue weighted by atomic mass is 16.2. The van der Waals surface area contributed by atoms with E-state index < -0.39 is 5.54 Å². The molecule has 1 heterocycles. The molecule has 0 aromatic heterocycles. The molecular formula is C14H19N3O2. The van der Waals surface area contributed by atoms with Crippen molar-refractivity contribution in [3.63, 3.8) is 0 Å². The predicted molar refractivity (Wildman–Crippen MR) is 75.0 cm³/mol. The highest BCUT2D eigenvalue weighted by molar-refractivity contribution is 5.98. The van der Waals surface area contributed by atoms with Gasteiger partial charge in [0, 0.05) is 18.3 Å². The van der Waals surface area contributed by atoms with Crippen molar-refractivity contribution in [1.29, 1.82) is 0 Å². The molecule has 1 aromatic rings. The summed E-state index contributed by atoms with van der Waals surface area (Å²) < 4.78 is 0. The Hall–Kier alpha value is -1.88. The van der Waals surface area contributed by atoms with E-state index in [1.807, 2.05) is 6.92 Å². The van der Waals surface area contributed by atoms with Gasteiger partial charge in [0.2, 0.25) is 11.8 Å². The minimum Gasteiger partial charge on any atom is -0.326 e. The molecule has 1 fully saturated rings. The van der Waals surface area contributed by atoms with Gasteiger partial charge in [-0.05, 0) is 50.6 Å². The number of hydrogen-bond donors (Lipinski definition) is 3. The highest BCUT2D eigenvalue weighted by Crippen LogP contribution is 2.21. The van der Waals surface area contributed by atoms with Crippen LogP contribution in [0.5, 0.6) is 0 Å². The van der Waals surface area contributed by atoms with Crippen molar-refractivity contribution >= 4 is 23.2 Å². The molecule has 0 saturated carbocycles. The lowest BCUT2D eigenvalue weighted by Crippen LogP contribution is -2.47. The topological polar surface area (TPSA) is 70.2 Å². The number of hydrogen-bond acceptors (Lipinski definition) is 3. The van der Waals surface area contributed by atoms with Crippen LogP contribution in [0.15, 0.2) is 24.3 Å². The van der Waals surface area contributed by atoms with E-state index in [1.165, 1.54) is 6.92 Å². The molecule has 1 saturated heterocycles. The van der Waals surface area contributed by atoms with E-state index >= 15 is 0 Å². The van der Waals surface area contributed by atoms with Crippen molar-refractivity contribution in [1.82, 2.24) is 5.32 Å². The van der Waals surface area contributed by atoms with Gasteiger partial charge in [-0.25, -0.2) is 0 Å². The molecule has 1 unspecified atom stereocenters. The molecule has 5 nitrogen and oxygen atoms in total. The number of carbonyl (C=O) groups is 2. The number of carbonyl (C=O) groups excluding carboxylic acids is 2. The molecule has 1 atom stereocenters. The Morgan fingerprint density at radius 2 is 1.74 bits per heavy atom. The summed E-state index contributed by atoms with van der Waals surface area (Å²) in [6, 6.07) is 7.09. The SMILES string of the molecule is CC(=O)Nc1ccc(NC(=O)C2(C)CCCN2)cc1. The Kier molecular flexibility index (Phi) is 3.85. The Labute approximate surface area is 112 Å². The minimum absolute atomic E-state index is 0.0164. The van der Waals surface area contributed by atoms with E-state index in [1.54, 1.807) is 24.3 Å². The average Bonchev–Trinajstić information content (AvgIpc) is 2.79. The molecule has 1 aromatic carbocycles. The van der Waals surface area contributed by atoms with Crippen LogP contribution in [0.3, 0.4) is 0 Å². The van der Waals surface area contributed by atoms with Gasteiger partial charge in [-0.15, -0.1) is 0 Å². The lowest BCUT2D eigenvalue weighted by Gasteiger charge is -2.23. The lowest BCUT2D eigenvalue weighted by atomic mass is 9.99. The predicted octanol–water partition coefficient (Wildman–Crippen LogP) is 1.73. The number of amides is 2. The maximum atomic E-state index is 12.2. The quantitative estimate of drug-likeness (QED) is 0.776. The van der Waals surface area contributed by atoms with Crippen LogP contribution in [0.25, 0.3) is 0 Å². The van der Waals surface area contributed by atoms with E-state index in [4.69, 9.17) is 0 Å². The standard InChI is InChI=1S/C14H19N3O2/c1-10(18)16-11-4-6-12(7-5-11)17-13(19)14(2)8-3-9-15-14/h4-7,15H,3,8-9H2,1-2H3,(H,16,18)(H,17,19). The number of rotatable bonds is 3. The second-order valence-electron chi connectivity index (χ2n) is 5.08. The number of nitrogens with one attached hydrogen (secondary N) is 3. The fourth-order valence-electron chi connectivity index (χ4n) is 2.20. The van der Waals surface area contributed by atoms with Gasteiger partial charge in [0.05, 0.1) is 5.54 Å². The fourth-order valence-corrected chi connectivity index (χ4v) is 2.20. The summed E-state index contributed by atoms with van der Waals surface area (Å²) in [5, 5.41) is 8.80. The second kappa shape index (κ2) is 5.40. The van der Waals surface area contributed by atoms with Gasteiger partial charge < -0.3 is 16.0 Å². The van der Waals surface area contributed by atoms with Crippen LogP contribution in [0.2, 0.25) is 0 Å². The van der Waals surface area contributed by atoms with Crippen LogP contribution in [0, 0.1) is 0 Å². The molecule has 5 heteroatoms. The normalized spacial score (nSPS) is 22.0. The van der Waals surface area contributed by atoms with Crippen LogP contribution in [-0.4, -0.2) is 23.9 Å². The first-order valence-corrected chi connectivity index (χ1v) is 6.44. The Bertz CT molecular complexity index is 476. The average molecular weight is 261 g/mol. The van der Waals surface area contributed by atoms with Crippen LogP contribution in [0.4, 0.5) is 11.4 Å². The third kappa shape index (κ3) is 3.32. The summed E-state index contributed by atoms with van der Waals surface area (Å²) in [5.74, 6) is -0.128. The fraction of sp³-hybridized carbons (Fsp3) is 0.429. The van der Waals surface area contributed by atoms with Gasteiger partial charge in [0.25, 0.3) is 0 Å². The van der Waals surface area contributed by atoms with Crippen LogP contribution in [0.1, 0.15) is 26.7 Å². The first-order chi connectivity index (χ1) is 8.99. The van der Waals surface area contributed by atoms with Gasteiger partial charge in [0.15, 0.2) is 0 Å². The summed E-state index contributed by atoms with van der Waals surface area (Å²) in [6.07, 6.45) is 1.87. The molecule has 102 valence electrons. The molecular weight excluding hydrogens is 242 g/mol. The van der Waals surface area contributed by atoms with Crippen molar-refractivity contribution in [3.8, 4) is 0 Å². The van der Waals surface area contributed by atoms with E-state index in [2.05, 4.69) is 16.0 Å². The van der Waals surface area contributed by atoms with Gasteiger partial charge >= 0.3 is 0 Å². The van der Waals surface area contributed by atoms with Crippen molar-refractivity contribution in [2.45, 2.75) is 32.2 Å². The molecule has 0 bridgehead atoms. The van der Waals surface area contributed by atoms with Gasteiger partial charge in [-0.2, -0.15) is 0 Å². The van der Waals surface area contributed by atoms with Gasteiger partial charge in [-0.1, -0.05) is 0 Å². The molecule has 19 heavy (non-hydrogen) atoms. The van der Waals surface area contributed by atoms with Gasteiger partial charge in [0.1, 0.15) is 0 Å². The van der Waals surface area contributed by atoms with Crippen molar-refractivity contribution in [3.05, 3.63) is 24.3 Å². The highest BCUT2D eigenvalue weighted by Gasteiger charge is 2.35. The number of anilines is 2. The second-order valence-corrected chi connectivity index (χ2v) is 5.08. The molecule has 0 radical (unpaired) electrons. The maximum Gasteiger partial charge on any atom is 0.244 e.